The van der Waals surface area contributed by atoms with Crippen molar-refractivity contribution in [3.05, 3.63) is 51.6 Å². The second-order valence-electron chi connectivity index (χ2n) is 6.50. The monoisotopic (exact) mass is 515 g/mol. The van der Waals surface area contributed by atoms with Gasteiger partial charge in [-0.05, 0) is 72.0 Å². The summed E-state index contributed by atoms with van der Waals surface area (Å²) in [5, 5.41) is 5.97. The maximum Gasteiger partial charge on any atom is 0.255 e. The van der Waals surface area contributed by atoms with E-state index in [2.05, 4.69) is 33.2 Å². The van der Waals surface area contributed by atoms with Gasteiger partial charge < -0.3 is 15.4 Å². The van der Waals surface area contributed by atoms with Crippen LogP contribution in [0.2, 0.25) is 0 Å². The Morgan fingerprint density at radius 2 is 1.96 bits per heavy atom. The molecule has 2 N–H and O–H groups in total. The van der Waals surface area contributed by atoms with Gasteiger partial charge in [0.05, 0.1) is 15.6 Å². The van der Waals surface area contributed by atoms with Crippen LogP contribution in [0.1, 0.15) is 17.3 Å². The smallest absolute Gasteiger partial charge is 0.255 e. The van der Waals surface area contributed by atoms with Gasteiger partial charge in [-0.15, -0.1) is 0 Å². The zero-order valence-electron chi connectivity index (χ0n) is 15.6. The number of ether oxygens (including phenoxy) is 1. The van der Waals surface area contributed by atoms with Gasteiger partial charge in [-0.3, -0.25) is 4.79 Å². The van der Waals surface area contributed by atoms with Crippen molar-refractivity contribution in [2.45, 2.75) is 17.9 Å². The lowest BCUT2D eigenvalue weighted by Crippen LogP contribution is -2.52. The number of rotatable bonds is 5. The van der Waals surface area contributed by atoms with E-state index in [1.807, 2.05) is 6.92 Å². The number of carbonyl (C=O) groups excluding carboxylic acids is 1. The predicted octanol–water partition coefficient (Wildman–Crippen LogP) is 2.53. The van der Waals surface area contributed by atoms with Crippen LogP contribution < -0.4 is 15.4 Å². The summed E-state index contributed by atoms with van der Waals surface area (Å²) in [5.74, 6) is 0.431. The van der Waals surface area contributed by atoms with E-state index < -0.39 is 10.0 Å². The molecular weight excluding hydrogens is 493 g/mol. The minimum Gasteiger partial charge on any atom is -0.496 e. The molecule has 0 radical (unpaired) electrons. The first-order valence-corrected chi connectivity index (χ1v) is 11.3. The summed E-state index contributed by atoms with van der Waals surface area (Å²) in [6.07, 6.45) is 0. The van der Waals surface area contributed by atoms with Crippen molar-refractivity contribution in [1.82, 2.24) is 9.62 Å². The normalized spacial score (nSPS) is 17.9. The molecule has 150 valence electrons. The number of piperazine rings is 1. The first-order chi connectivity index (χ1) is 13.3. The van der Waals surface area contributed by atoms with Crippen molar-refractivity contribution in [2.75, 3.05) is 32.1 Å². The van der Waals surface area contributed by atoms with Gasteiger partial charge >= 0.3 is 0 Å². The van der Waals surface area contributed by atoms with E-state index in [-0.39, 0.29) is 16.8 Å². The van der Waals surface area contributed by atoms with Crippen LogP contribution in [-0.2, 0) is 10.0 Å². The van der Waals surface area contributed by atoms with Gasteiger partial charge in [-0.2, -0.15) is 4.31 Å². The molecule has 7 nitrogen and oxygen atoms in total. The number of halogens is 1. The Balaban J connectivity index is 1.74. The van der Waals surface area contributed by atoms with Crippen molar-refractivity contribution < 1.29 is 17.9 Å². The number of amides is 1. The Morgan fingerprint density at radius 3 is 2.57 bits per heavy atom. The van der Waals surface area contributed by atoms with E-state index >= 15 is 0 Å². The van der Waals surface area contributed by atoms with Crippen LogP contribution in [0.25, 0.3) is 0 Å². The number of benzene rings is 2. The summed E-state index contributed by atoms with van der Waals surface area (Å²) >= 11 is 2.11. The molecule has 0 aromatic heterocycles. The maximum atomic E-state index is 12.8. The van der Waals surface area contributed by atoms with Crippen molar-refractivity contribution in [3.8, 4) is 5.75 Å². The number of sulfonamides is 1. The molecule has 0 unspecified atom stereocenters. The van der Waals surface area contributed by atoms with Gasteiger partial charge in [0.15, 0.2) is 0 Å². The van der Waals surface area contributed by atoms with E-state index in [1.54, 1.807) is 37.4 Å². The fourth-order valence-corrected chi connectivity index (χ4v) is 5.40. The van der Waals surface area contributed by atoms with Crippen LogP contribution >= 0.6 is 22.6 Å². The summed E-state index contributed by atoms with van der Waals surface area (Å²) in [4.78, 5) is 12.7. The predicted molar refractivity (Wildman–Crippen MR) is 116 cm³/mol. The fraction of sp³-hybridized carbons (Fsp3) is 0.316. The Hall–Kier alpha value is -1.69. The Kier molecular flexibility index (Phi) is 6.58. The number of methoxy groups -OCH3 is 1. The molecule has 1 amide bonds. The fourth-order valence-electron chi connectivity index (χ4n) is 3.04. The summed E-state index contributed by atoms with van der Waals surface area (Å²) in [5.41, 5.74) is 1.03. The van der Waals surface area contributed by atoms with Crippen LogP contribution in [0.3, 0.4) is 0 Å². The first kappa shape index (κ1) is 21.0. The van der Waals surface area contributed by atoms with Crippen molar-refractivity contribution in [3.63, 3.8) is 0 Å². The quantitative estimate of drug-likeness (QED) is 0.598. The van der Waals surface area contributed by atoms with Gasteiger partial charge in [0.2, 0.25) is 10.0 Å². The average Bonchev–Trinajstić information content (AvgIpc) is 2.68. The van der Waals surface area contributed by atoms with Crippen LogP contribution in [0.15, 0.2) is 47.4 Å². The molecule has 3 rings (SSSR count). The third-order valence-corrected chi connectivity index (χ3v) is 7.44. The molecule has 1 aliphatic heterocycles. The number of nitrogens with zero attached hydrogens (tertiary/aromatic N) is 1. The van der Waals surface area contributed by atoms with Crippen LogP contribution in [0.5, 0.6) is 5.75 Å². The van der Waals surface area contributed by atoms with Crippen LogP contribution in [-0.4, -0.2) is 51.4 Å². The molecular formula is C19H22IN3O4S. The summed E-state index contributed by atoms with van der Waals surface area (Å²) in [6, 6.07) is 11.3. The Morgan fingerprint density at radius 1 is 1.25 bits per heavy atom. The van der Waals surface area contributed by atoms with Crippen molar-refractivity contribution in [1.29, 1.82) is 0 Å². The lowest BCUT2D eigenvalue weighted by Gasteiger charge is -2.32. The van der Waals surface area contributed by atoms with E-state index in [0.29, 0.717) is 36.6 Å². The maximum absolute atomic E-state index is 12.8. The molecule has 1 aliphatic rings. The van der Waals surface area contributed by atoms with Gasteiger partial charge in [-0.1, -0.05) is 0 Å². The molecule has 0 spiro atoms. The molecule has 1 heterocycles. The topological polar surface area (TPSA) is 87.7 Å². The molecule has 1 atom stereocenters. The summed E-state index contributed by atoms with van der Waals surface area (Å²) < 4.78 is 33.2. The molecule has 0 saturated carbocycles. The van der Waals surface area contributed by atoms with Gasteiger partial charge in [0, 0.05) is 36.9 Å². The van der Waals surface area contributed by atoms with E-state index in [4.69, 9.17) is 4.74 Å². The third-order valence-electron chi connectivity index (χ3n) is 4.57. The zero-order chi connectivity index (χ0) is 20.3. The molecule has 0 aliphatic carbocycles. The highest BCUT2D eigenvalue weighted by Gasteiger charge is 2.30. The van der Waals surface area contributed by atoms with Crippen LogP contribution in [0.4, 0.5) is 5.69 Å². The SMILES string of the molecule is COc1ccc(C(=O)Nc2ccc(S(=O)(=O)N3CCNC[C@@H]3C)cc2)cc1I. The molecule has 28 heavy (non-hydrogen) atoms. The van der Waals surface area contributed by atoms with Gasteiger partial charge in [0.1, 0.15) is 5.75 Å². The average molecular weight is 515 g/mol. The van der Waals surface area contributed by atoms with Crippen molar-refractivity contribution >= 4 is 44.2 Å². The second-order valence-corrected chi connectivity index (χ2v) is 9.55. The minimum atomic E-state index is -3.56. The molecule has 1 fully saturated rings. The molecule has 9 heteroatoms. The standard InChI is InChI=1S/C19H22IN3O4S/c1-13-12-21-9-10-23(13)28(25,26)16-6-4-15(5-7-16)22-19(24)14-3-8-18(27-2)17(20)11-14/h3-8,11,13,21H,9-10,12H2,1-2H3,(H,22,24)/t13-/m0/s1. The Bertz CT molecular complexity index is 964. The number of nitrogens with one attached hydrogen (secondary N) is 2. The summed E-state index contributed by atoms with van der Waals surface area (Å²) in [7, 11) is -1.98. The lowest BCUT2D eigenvalue weighted by molar-refractivity contribution is 0.102. The van der Waals surface area contributed by atoms with E-state index in [0.717, 1.165) is 3.57 Å². The molecule has 2 aromatic rings. The highest BCUT2D eigenvalue weighted by Crippen LogP contribution is 2.24. The summed E-state index contributed by atoms with van der Waals surface area (Å²) in [6.45, 7) is 3.60. The third kappa shape index (κ3) is 4.48. The van der Waals surface area contributed by atoms with Crippen molar-refractivity contribution in [2.24, 2.45) is 0 Å². The van der Waals surface area contributed by atoms with Crippen LogP contribution in [0, 0.1) is 3.57 Å². The lowest BCUT2D eigenvalue weighted by atomic mass is 10.2. The molecule has 0 bridgehead atoms. The van der Waals surface area contributed by atoms with E-state index in [9.17, 15) is 13.2 Å². The number of hydrogen-bond donors (Lipinski definition) is 2. The Labute approximate surface area is 178 Å². The van der Waals surface area contributed by atoms with E-state index in [1.165, 1.54) is 16.4 Å². The highest BCUT2D eigenvalue weighted by molar-refractivity contribution is 14.1. The largest absolute Gasteiger partial charge is 0.496 e. The first-order valence-electron chi connectivity index (χ1n) is 8.80. The number of carbonyl (C=O) groups is 1. The minimum absolute atomic E-state index is 0.101. The highest BCUT2D eigenvalue weighted by atomic mass is 127. The zero-order valence-corrected chi connectivity index (χ0v) is 18.6. The van der Waals surface area contributed by atoms with Gasteiger partial charge in [-0.25, -0.2) is 8.42 Å². The number of hydrogen-bond acceptors (Lipinski definition) is 5. The number of anilines is 1. The second kappa shape index (κ2) is 8.76. The molecule has 2 aromatic carbocycles. The molecule has 1 saturated heterocycles. The van der Waals surface area contributed by atoms with Gasteiger partial charge in [0.25, 0.3) is 5.91 Å².